The highest BCUT2D eigenvalue weighted by Crippen LogP contribution is 2.41. The third-order valence-corrected chi connectivity index (χ3v) is 5.00. The molecule has 0 amide bonds. The molecule has 0 saturated carbocycles. The van der Waals surface area contributed by atoms with E-state index in [0.29, 0.717) is 0 Å². The summed E-state index contributed by atoms with van der Waals surface area (Å²) >= 11 is 3.49. The zero-order chi connectivity index (χ0) is 12.5. The molecule has 0 radical (unpaired) electrons. The third-order valence-electron chi connectivity index (χ3n) is 2.85. The monoisotopic (exact) mass is 274 g/mol. The fourth-order valence-electron chi connectivity index (χ4n) is 2.01. The summed E-state index contributed by atoms with van der Waals surface area (Å²) < 4.78 is 13.0. The van der Waals surface area contributed by atoms with Gasteiger partial charge in [0.15, 0.2) is 0 Å². The molecule has 3 aromatic rings. The van der Waals surface area contributed by atoms with Gasteiger partial charge in [-0.25, -0.2) is 4.39 Å². The molecule has 90 valence electrons. The van der Waals surface area contributed by atoms with Gasteiger partial charge in [0, 0.05) is 10.4 Å². The maximum Gasteiger partial charge on any atom is 0.123 e. The molecule has 0 aliphatic heterocycles. The van der Waals surface area contributed by atoms with Crippen LogP contribution in [0, 0.1) is 12.7 Å². The van der Waals surface area contributed by atoms with Crippen molar-refractivity contribution in [3.05, 3.63) is 58.5 Å². The molecule has 2 aromatic heterocycles. The van der Waals surface area contributed by atoms with E-state index >= 15 is 0 Å². The summed E-state index contributed by atoms with van der Waals surface area (Å²) in [7, 11) is 0. The van der Waals surface area contributed by atoms with Crippen molar-refractivity contribution in [2.75, 3.05) is 0 Å². The number of thiophene rings is 2. The molecule has 0 bridgehead atoms. The van der Waals surface area contributed by atoms with Crippen LogP contribution < -0.4 is 0 Å². The Hall–Kier alpha value is -1.45. The molecule has 3 rings (SSSR count). The van der Waals surface area contributed by atoms with Crippen LogP contribution in [0.25, 0.3) is 20.9 Å². The highest BCUT2D eigenvalue weighted by Gasteiger charge is 2.13. The van der Waals surface area contributed by atoms with E-state index in [1.165, 1.54) is 33.0 Å². The van der Waals surface area contributed by atoms with Crippen molar-refractivity contribution in [2.24, 2.45) is 0 Å². The van der Waals surface area contributed by atoms with Gasteiger partial charge in [0.1, 0.15) is 5.82 Å². The van der Waals surface area contributed by atoms with Gasteiger partial charge in [-0.05, 0) is 47.0 Å². The quantitative estimate of drug-likeness (QED) is 0.571. The lowest BCUT2D eigenvalue weighted by Crippen LogP contribution is -1.81. The van der Waals surface area contributed by atoms with Gasteiger partial charge in [0.2, 0.25) is 0 Å². The lowest BCUT2D eigenvalue weighted by atomic mass is 10.0. The van der Waals surface area contributed by atoms with Crippen LogP contribution in [0.2, 0.25) is 0 Å². The lowest BCUT2D eigenvalue weighted by molar-refractivity contribution is 0.628. The van der Waals surface area contributed by atoms with Crippen molar-refractivity contribution >= 4 is 22.7 Å². The molecule has 0 unspecified atom stereocenters. The average Bonchev–Trinajstić information content (AvgIpc) is 2.99. The largest absolute Gasteiger partial charge is 0.207 e. The van der Waals surface area contributed by atoms with Crippen LogP contribution in [0.15, 0.2) is 47.2 Å². The van der Waals surface area contributed by atoms with Gasteiger partial charge < -0.3 is 0 Å². The summed E-state index contributed by atoms with van der Waals surface area (Å²) in [6, 6.07) is 10.9. The van der Waals surface area contributed by atoms with Crippen LogP contribution in [-0.2, 0) is 0 Å². The Balaban J connectivity index is 2.17. The first-order valence-electron chi connectivity index (χ1n) is 5.63. The number of rotatable bonds is 2. The van der Waals surface area contributed by atoms with Crippen LogP contribution in [0.4, 0.5) is 4.39 Å². The molecule has 0 fully saturated rings. The Labute approximate surface area is 113 Å². The second kappa shape index (κ2) is 4.67. The van der Waals surface area contributed by atoms with Gasteiger partial charge in [-0.1, -0.05) is 18.2 Å². The zero-order valence-corrected chi connectivity index (χ0v) is 11.4. The van der Waals surface area contributed by atoms with Gasteiger partial charge in [-0.2, -0.15) is 0 Å². The summed E-state index contributed by atoms with van der Waals surface area (Å²) in [5.74, 6) is -0.190. The molecule has 2 heterocycles. The number of halogens is 1. The van der Waals surface area contributed by atoms with Crippen molar-refractivity contribution in [3.63, 3.8) is 0 Å². The highest BCUT2D eigenvalue weighted by atomic mass is 32.1. The Bertz CT molecular complexity index is 648. The van der Waals surface area contributed by atoms with Gasteiger partial charge in [0.25, 0.3) is 0 Å². The lowest BCUT2D eigenvalue weighted by Gasteiger charge is -2.04. The van der Waals surface area contributed by atoms with Crippen molar-refractivity contribution < 1.29 is 4.39 Å². The molecule has 0 spiro atoms. The van der Waals surface area contributed by atoms with Crippen molar-refractivity contribution in [2.45, 2.75) is 6.92 Å². The summed E-state index contributed by atoms with van der Waals surface area (Å²) in [6.07, 6.45) is 0. The second-order valence-corrected chi connectivity index (χ2v) is 5.93. The van der Waals surface area contributed by atoms with Gasteiger partial charge in [-0.3, -0.25) is 0 Å². The Morgan fingerprint density at radius 2 is 1.78 bits per heavy atom. The summed E-state index contributed by atoms with van der Waals surface area (Å²) in [6.45, 7) is 2.10. The fraction of sp³-hybridized carbons (Fsp3) is 0.0667. The minimum absolute atomic E-state index is 0.190. The third kappa shape index (κ3) is 2.00. The van der Waals surface area contributed by atoms with Gasteiger partial charge >= 0.3 is 0 Å². The summed E-state index contributed by atoms with van der Waals surface area (Å²) in [5.41, 5.74) is 3.55. The highest BCUT2D eigenvalue weighted by molar-refractivity contribution is 7.20. The van der Waals surface area contributed by atoms with E-state index in [1.807, 2.05) is 12.1 Å². The molecule has 3 heteroatoms. The van der Waals surface area contributed by atoms with Gasteiger partial charge in [-0.15, -0.1) is 22.7 Å². The van der Waals surface area contributed by atoms with Crippen molar-refractivity contribution in [3.8, 4) is 20.9 Å². The van der Waals surface area contributed by atoms with Crippen LogP contribution in [0.1, 0.15) is 5.56 Å². The maximum absolute atomic E-state index is 13.0. The predicted molar refractivity (Wildman–Crippen MR) is 77.8 cm³/mol. The van der Waals surface area contributed by atoms with Crippen LogP contribution in [0.5, 0.6) is 0 Å². The van der Waals surface area contributed by atoms with E-state index in [9.17, 15) is 4.39 Å². The van der Waals surface area contributed by atoms with Gasteiger partial charge in [0.05, 0.1) is 4.88 Å². The first-order chi connectivity index (χ1) is 8.75. The SMILES string of the molecule is Cc1csc(-c2cccs2)c1-c1ccc(F)cc1. The van der Waals surface area contributed by atoms with E-state index in [4.69, 9.17) is 0 Å². The molecule has 0 nitrogen and oxygen atoms in total. The summed E-state index contributed by atoms with van der Waals surface area (Å²) in [4.78, 5) is 2.54. The van der Waals surface area contributed by atoms with E-state index in [-0.39, 0.29) is 5.82 Å². The zero-order valence-electron chi connectivity index (χ0n) is 9.81. The second-order valence-electron chi connectivity index (χ2n) is 4.11. The Morgan fingerprint density at radius 3 is 2.44 bits per heavy atom. The summed E-state index contributed by atoms with van der Waals surface area (Å²) in [5, 5.41) is 4.24. The number of hydrogen-bond acceptors (Lipinski definition) is 2. The molecular formula is C15H11FS2. The van der Waals surface area contributed by atoms with Crippen molar-refractivity contribution in [1.82, 2.24) is 0 Å². The predicted octanol–water partition coefficient (Wildman–Crippen LogP) is 5.59. The number of aryl methyl sites for hydroxylation is 1. The standard InChI is InChI=1S/C15H11FS2/c1-10-9-18-15(13-3-2-8-17-13)14(10)11-4-6-12(16)7-5-11/h2-9H,1H3. The molecule has 0 saturated heterocycles. The Morgan fingerprint density at radius 1 is 1.00 bits per heavy atom. The van der Waals surface area contributed by atoms with Crippen LogP contribution in [0.3, 0.4) is 0 Å². The first-order valence-corrected chi connectivity index (χ1v) is 7.39. The smallest absolute Gasteiger partial charge is 0.123 e. The van der Waals surface area contributed by atoms with E-state index < -0.39 is 0 Å². The normalized spacial score (nSPS) is 10.8. The molecule has 0 aliphatic carbocycles. The van der Waals surface area contributed by atoms with E-state index in [0.717, 1.165) is 5.56 Å². The first kappa shape index (κ1) is 11.6. The fourth-order valence-corrected chi connectivity index (χ4v) is 3.96. The molecule has 0 N–H and O–H groups in total. The minimum Gasteiger partial charge on any atom is -0.207 e. The minimum atomic E-state index is -0.190. The number of hydrogen-bond donors (Lipinski definition) is 0. The maximum atomic E-state index is 13.0. The number of benzene rings is 1. The van der Waals surface area contributed by atoms with E-state index in [2.05, 4.69) is 29.8 Å². The average molecular weight is 274 g/mol. The molecule has 0 atom stereocenters. The Kier molecular flexibility index (Phi) is 3.02. The molecule has 18 heavy (non-hydrogen) atoms. The van der Waals surface area contributed by atoms with Crippen molar-refractivity contribution in [1.29, 1.82) is 0 Å². The van der Waals surface area contributed by atoms with Crippen LogP contribution >= 0.6 is 22.7 Å². The van der Waals surface area contributed by atoms with E-state index in [1.54, 1.807) is 22.7 Å². The molecular weight excluding hydrogens is 263 g/mol. The molecule has 1 aromatic carbocycles. The van der Waals surface area contributed by atoms with Crippen LogP contribution in [-0.4, -0.2) is 0 Å². The topological polar surface area (TPSA) is 0 Å². The molecule has 0 aliphatic rings.